The summed E-state index contributed by atoms with van der Waals surface area (Å²) in [6.07, 6.45) is 5.70. The molecule has 1 saturated carbocycles. The highest BCUT2D eigenvalue weighted by Crippen LogP contribution is 2.42. The lowest BCUT2D eigenvalue weighted by Crippen LogP contribution is -2.28. The number of Topliss-reactive ketones (excluding diaryl/α,β-unsaturated/α-hetero) is 1. The van der Waals surface area contributed by atoms with Gasteiger partial charge in [0.2, 0.25) is 0 Å². The zero-order valence-corrected chi connectivity index (χ0v) is 12.2. The summed E-state index contributed by atoms with van der Waals surface area (Å²) in [5.74, 6) is 0.0401. The molecule has 1 aliphatic carbocycles. The van der Waals surface area contributed by atoms with Crippen LogP contribution in [0.25, 0.3) is 0 Å². The van der Waals surface area contributed by atoms with Crippen LogP contribution in [-0.4, -0.2) is 5.78 Å². The Kier molecular flexibility index (Phi) is 4.21. The van der Waals surface area contributed by atoms with Gasteiger partial charge in [-0.05, 0) is 52.9 Å². The Bertz CT molecular complexity index is 450. The SMILES string of the molecule is CCC1(C(=O)Cc2ccc(F)c(Br)c2)CCCC1. The van der Waals surface area contributed by atoms with Gasteiger partial charge in [0.15, 0.2) is 0 Å². The van der Waals surface area contributed by atoms with Gasteiger partial charge in [-0.2, -0.15) is 0 Å². The molecule has 1 nitrogen and oxygen atoms in total. The fourth-order valence-corrected chi connectivity index (χ4v) is 3.33. The van der Waals surface area contributed by atoms with E-state index in [9.17, 15) is 9.18 Å². The normalized spacial score (nSPS) is 17.9. The fraction of sp³-hybridized carbons (Fsp3) is 0.533. The van der Waals surface area contributed by atoms with Crippen molar-refractivity contribution in [2.75, 3.05) is 0 Å². The molecular weight excluding hydrogens is 295 g/mol. The van der Waals surface area contributed by atoms with Crippen LogP contribution in [0, 0.1) is 11.2 Å². The second kappa shape index (κ2) is 5.52. The topological polar surface area (TPSA) is 17.1 Å². The van der Waals surface area contributed by atoms with E-state index >= 15 is 0 Å². The van der Waals surface area contributed by atoms with E-state index in [1.807, 2.05) is 0 Å². The molecule has 0 unspecified atom stereocenters. The molecule has 3 heteroatoms. The maximum absolute atomic E-state index is 13.1. The van der Waals surface area contributed by atoms with Gasteiger partial charge in [0.1, 0.15) is 11.6 Å². The zero-order valence-electron chi connectivity index (χ0n) is 10.6. The van der Waals surface area contributed by atoms with Crippen molar-refractivity contribution in [3.63, 3.8) is 0 Å². The number of hydrogen-bond acceptors (Lipinski definition) is 1. The first-order valence-corrected chi connectivity index (χ1v) is 7.34. The molecule has 1 fully saturated rings. The predicted molar refractivity (Wildman–Crippen MR) is 74.0 cm³/mol. The molecule has 0 amide bonds. The van der Waals surface area contributed by atoms with Crippen molar-refractivity contribution in [3.8, 4) is 0 Å². The van der Waals surface area contributed by atoms with Crippen LogP contribution in [0.2, 0.25) is 0 Å². The first kappa shape index (κ1) is 13.7. The number of ketones is 1. The third kappa shape index (κ3) is 2.66. The Morgan fingerprint density at radius 2 is 2.06 bits per heavy atom. The first-order chi connectivity index (χ1) is 8.57. The van der Waals surface area contributed by atoms with Crippen LogP contribution in [0.5, 0.6) is 0 Å². The van der Waals surface area contributed by atoms with Crippen molar-refractivity contribution < 1.29 is 9.18 Å². The molecular formula is C15H18BrFO. The summed E-state index contributed by atoms with van der Waals surface area (Å²) < 4.78 is 13.6. The van der Waals surface area contributed by atoms with Gasteiger partial charge in [-0.1, -0.05) is 25.8 Å². The number of rotatable bonds is 4. The van der Waals surface area contributed by atoms with Crippen LogP contribution in [0.3, 0.4) is 0 Å². The van der Waals surface area contributed by atoms with Gasteiger partial charge in [-0.25, -0.2) is 4.39 Å². The molecule has 1 aliphatic rings. The number of carbonyl (C=O) groups excluding carboxylic acids is 1. The van der Waals surface area contributed by atoms with Gasteiger partial charge < -0.3 is 0 Å². The van der Waals surface area contributed by atoms with E-state index in [4.69, 9.17) is 0 Å². The molecule has 0 N–H and O–H groups in total. The van der Waals surface area contributed by atoms with Crippen molar-refractivity contribution in [1.82, 2.24) is 0 Å². The lowest BCUT2D eigenvalue weighted by atomic mass is 9.77. The smallest absolute Gasteiger partial charge is 0.143 e. The van der Waals surface area contributed by atoms with E-state index in [0.717, 1.165) is 37.7 Å². The molecule has 1 aromatic rings. The zero-order chi connectivity index (χ0) is 13.2. The molecule has 0 saturated heterocycles. The largest absolute Gasteiger partial charge is 0.299 e. The second-order valence-corrected chi connectivity index (χ2v) is 6.04. The van der Waals surface area contributed by atoms with E-state index in [2.05, 4.69) is 22.9 Å². The van der Waals surface area contributed by atoms with Crippen molar-refractivity contribution >= 4 is 21.7 Å². The minimum atomic E-state index is -0.280. The molecule has 0 aromatic heterocycles. The highest BCUT2D eigenvalue weighted by atomic mass is 79.9. The Labute approximate surface area is 116 Å². The van der Waals surface area contributed by atoms with Gasteiger partial charge in [0.25, 0.3) is 0 Å². The number of halogens is 2. The third-order valence-electron chi connectivity index (χ3n) is 4.18. The van der Waals surface area contributed by atoms with Gasteiger partial charge in [-0.3, -0.25) is 4.79 Å². The minimum absolute atomic E-state index is 0.110. The summed E-state index contributed by atoms with van der Waals surface area (Å²) in [7, 11) is 0. The van der Waals surface area contributed by atoms with Crippen LogP contribution in [-0.2, 0) is 11.2 Å². The molecule has 18 heavy (non-hydrogen) atoms. The molecule has 0 aliphatic heterocycles. The van der Waals surface area contributed by atoms with E-state index in [-0.39, 0.29) is 11.2 Å². The summed E-state index contributed by atoms with van der Waals surface area (Å²) in [4.78, 5) is 12.5. The number of carbonyl (C=O) groups is 1. The lowest BCUT2D eigenvalue weighted by molar-refractivity contribution is -0.128. The molecule has 1 aromatic carbocycles. The third-order valence-corrected chi connectivity index (χ3v) is 4.79. The highest BCUT2D eigenvalue weighted by Gasteiger charge is 2.38. The molecule has 0 spiro atoms. The van der Waals surface area contributed by atoms with Crippen LogP contribution >= 0.6 is 15.9 Å². The standard InChI is InChI=1S/C15H18BrFO/c1-2-15(7-3-4-8-15)14(18)10-11-5-6-13(17)12(16)9-11/h5-6,9H,2-4,7-8,10H2,1H3. The van der Waals surface area contributed by atoms with Crippen LogP contribution < -0.4 is 0 Å². The molecule has 0 atom stereocenters. The number of benzene rings is 1. The maximum Gasteiger partial charge on any atom is 0.143 e. The molecule has 0 bridgehead atoms. The van der Waals surface area contributed by atoms with Crippen molar-refractivity contribution in [2.24, 2.45) is 5.41 Å². The average molecular weight is 313 g/mol. The summed E-state index contributed by atoms with van der Waals surface area (Å²) >= 11 is 3.16. The Morgan fingerprint density at radius 3 is 2.61 bits per heavy atom. The van der Waals surface area contributed by atoms with E-state index < -0.39 is 0 Å². The molecule has 98 valence electrons. The summed E-state index contributed by atoms with van der Waals surface area (Å²) in [6.45, 7) is 2.10. The molecule has 0 heterocycles. The summed E-state index contributed by atoms with van der Waals surface area (Å²) in [5.41, 5.74) is 0.786. The van der Waals surface area contributed by atoms with Crippen LogP contribution in [0.4, 0.5) is 4.39 Å². The Hall–Kier alpha value is -0.700. The fourth-order valence-electron chi connectivity index (χ4n) is 2.90. The van der Waals surface area contributed by atoms with Crippen molar-refractivity contribution in [1.29, 1.82) is 0 Å². The van der Waals surface area contributed by atoms with E-state index in [0.29, 0.717) is 16.7 Å². The summed E-state index contributed by atoms with van der Waals surface area (Å²) in [5, 5.41) is 0. The van der Waals surface area contributed by atoms with Gasteiger partial charge in [0, 0.05) is 11.8 Å². The average Bonchev–Trinajstić information content (AvgIpc) is 2.84. The van der Waals surface area contributed by atoms with Gasteiger partial charge in [0.05, 0.1) is 4.47 Å². The van der Waals surface area contributed by atoms with Crippen LogP contribution in [0.1, 0.15) is 44.6 Å². The van der Waals surface area contributed by atoms with Crippen molar-refractivity contribution in [3.05, 3.63) is 34.1 Å². The summed E-state index contributed by atoms with van der Waals surface area (Å²) in [6, 6.07) is 4.84. The lowest BCUT2D eigenvalue weighted by Gasteiger charge is -2.25. The second-order valence-electron chi connectivity index (χ2n) is 5.19. The van der Waals surface area contributed by atoms with E-state index in [1.54, 1.807) is 12.1 Å². The predicted octanol–water partition coefficient (Wildman–Crippen LogP) is 4.67. The Morgan fingerprint density at radius 1 is 1.39 bits per heavy atom. The molecule has 0 radical (unpaired) electrons. The Balaban J connectivity index is 2.13. The number of hydrogen-bond donors (Lipinski definition) is 0. The van der Waals surface area contributed by atoms with Gasteiger partial charge >= 0.3 is 0 Å². The highest BCUT2D eigenvalue weighted by molar-refractivity contribution is 9.10. The van der Waals surface area contributed by atoms with Gasteiger partial charge in [-0.15, -0.1) is 0 Å². The minimum Gasteiger partial charge on any atom is -0.299 e. The first-order valence-electron chi connectivity index (χ1n) is 6.54. The monoisotopic (exact) mass is 312 g/mol. The van der Waals surface area contributed by atoms with Crippen molar-refractivity contribution in [2.45, 2.75) is 45.4 Å². The maximum atomic E-state index is 13.1. The van der Waals surface area contributed by atoms with E-state index in [1.165, 1.54) is 6.07 Å². The quantitative estimate of drug-likeness (QED) is 0.789. The van der Waals surface area contributed by atoms with Crippen LogP contribution in [0.15, 0.2) is 22.7 Å². The molecule has 2 rings (SSSR count).